The number of rotatable bonds is 5. The van der Waals surface area contributed by atoms with Crippen molar-refractivity contribution in [1.29, 1.82) is 0 Å². The molecule has 1 aromatic carbocycles. The number of hydrogen-bond donors (Lipinski definition) is 1. The highest BCUT2D eigenvalue weighted by atomic mass is 127. The van der Waals surface area contributed by atoms with Gasteiger partial charge in [0.25, 0.3) is 5.69 Å². The van der Waals surface area contributed by atoms with Crippen LogP contribution in [-0.2, 0) is 11.3 Å². The Labute approximate surface area is 194 Å². The molecule has 2 saturated heterocycles. The van der Waals surface area contributed by atoms with Crippen LogP contribution in [0.15, 0.2) is 29.3 Å². The van der Waals surface area contributed by atoms with Gasteiger partial charge in [-0.1, -0.05) is 12.1 Å². The molecule has 2 aliphatic rings. The van der Waals surface area contributed by atoms with E-state index in [-0.39, 0.29) is 41.6 Å². The molecule has 0 spiro atoms. The van der Waals surface area contributed by atoms with Crippen molar-refractivity contribution in [3.05, 3.63) is 39.9 Å². The molecule has 1 atom stereocenters. The highest BCUT2D eigenvalue weighted by molar-refractivity contribution is 14.0. The van der Waals surface area contributed by atoms with Crippen LogP contribution in [0.5, 0.6) is 0 Å². The van der Waals surface area contributed by atoms with E-state index in [0.29, 0.717) is 6.54 Å². The molecule has 30 heavy (non-hydrogen) atoms. The summed E-state index contributed by atoms with van der Waals surface area (Å²) in [5, 5.41) is 14.1. The van der Waals surface area contributed by atoms with Crippen LogP contribution in [0, 0.1) is 10.1 Å². The number of amides is 1. The van der Waals surface area contributed by atoms with Crippen molar-refractivity contribution in [2.75, 3.05) is 46.3 Å². The Kier molecular flexibility index (Phi) is 9.28. The quantitative estimate of drug-likeness (QED) is 0.206. The van der Waals surface area contributed by atoms with E-state index in [9.17, 15) is 14.9 Å². The normalized spacial score (nSPS) is 18.7. The van der Waals surface area contributed by atoms with E-state index in [2.05, 4.69) is 20.1 Å². The summed E-state index contributed by atoms with van der Waals surface area (Å²) in [5.41, 5.74) is 1.05. The molecule has 9 nitrogen and oxygen atoms in total. The number of guanidine groups is 1. The van der Waals surface area contributed by atoms with Gasteiger partial charge in [0.15, 0.2) is 5.96 Å². The number of non-ortho nitro benzene ring substituents is 1. The standard InChI is InChI=1S/C20H30N6O3.HI/c1-16(19(27)24-9-3-4-10-24)23-11-13-25(14-12-23)20(21-2)22-15-17-5-7-18(8-6-17)26(28)29;/h5-8,16H,3-4,9-15H2,1-2H3,(H,21,22);1H. The molecule has 3 rings (SSSR count). The summed E-state index contributed by atoms with van der Waals surface area (Å²) in [6, 6.07) is 6.45. The van der Waals surface area contributed by atoms with Gasteiger partial charge in [-0.3, -0.25) is 24.8 Å². The monoisotopic (exact) mass is 530 g/mol. The molecule has 1 N–H and O–H groups in total. The van der Waals surface area contributed by atoms with Gasteiger partial charge in [-0.25, -0.2) is 0 Å². The van der Waals surface area contributed by atoms with Crippen molar-refractivity contribution in [2.24, 2.45) is 4.99 Å². The third-order valence-electron chi connectivity index (χ3n) is 5.75. The SMILES string of the molecule is CN=C(NCc1ccc([N+](=O)[O-])cc1)N1CCN(C(C)C(=O)N2CCCC2)CC1.I. The number of nitro groups is 1. The first-order chi connectivity index (χ1) is 14.0. The van der Waals surface area contributed by atoms with Crippen molar-refractivity contribution in [3.63, 3.8) is 0 Å². The van der Waals surface area contributed by atoms with Gasteiger partial charge >= 0.3 is 0 Å². The molecule has 0 radical (unpaired) electrons. The lowest BCUT2D eigenvalue weighted by molar-refractivity contribution is -0.384. The molecule has 1 amide bonds. The molecule has 2 fully saturated rings. The average Bonchev–Trinajstić information content (AvgIpc) is 3.29. The van der Waals surface area contributed by atoms with Crippen LogP contribution in [0.4, 0.5) is 5.69 Å². The Hall–Kier alpha value is -1.95. The van der Waals surface area contributed by atoms with Crippen molar-refractivity contribution in [2.45, 2.75) is 32.4 Å². The summed E-state index contributed by atoms with van der Waals surface area (Å²) in [7, 11) is 1.75. The first-order valence-corrected chi connectivity index (χ1v) is 10.2. The number of piperazine rings is 1. The number of aliphatic imine (C=N–C) groups is 1. The second-order valence-corrected chi connectivity index (χ2v) is 7.56. The lowest BCUT2D eigenvalue weighted by Crippen LogP contribution is -2.57. The minimum Gasteiger partial charge on any atom is -0.352 e. The van der Waals surface area contributed by atoms with Gasteiger partial charge in [0, 0.05) is 65.0 Å². The first kappa shape index (κ1) is 24.3. The Morgan fingerprint density at radius 2 is 1.70 bits per heavy atom. The number of carbonyl (C=O) groups is 1. The molecule has 0 saturated carbocycles. The summed E-state index contributed by atoms with van der Waals surface area (Å²) < 4.78 is 0. The number of hydrogen-bond acceptors (Lipinski definition) is 5. The van der Waals surface area contributed by atoms with E-state index in [4.69, 9.17) is 0 Å². The minimum atomic E-state index is -0.398. The molecular formula is C20H31IN6O3. The average molecular weight is 530 g/mol. The van der Waals surface area contributed by atoms with Gasteiger partial charge in [0.2, 0.25) is 5.91 Å². The fourth-order valence-electron chi connectivity index (χ4n) is 3.93. The predicted octanol–water partition coefficient (Wildman–Crippen LogP) is 1.92. The van der Waals surface area contributed by atoms with Crippen LogP contribution >= 0.6 is 24.0 Å². The summed E-state index contributed by atoms with van der Waals surface area (Å²) in [6.45, 7) is 7.59. The topological polar surface area (TPSA) is 94.3 Å². The van der Waals surface area contributed by atoms with Gasteiger partial charge in [-0.15, -0.1) is 24.0 Å². The summed E-state index contributed by atoms with van der Waals surface area (Å²) in [5.74, 6) is 1.05. The van der Waals surface area contributed by atoms with Crippen LogP contribution in [0.1, 0.15) is 25.3 Å². The maximum absolute atomic E-state index is 12.6. The summed E-state index contributed by atoms with van der Waals surface area (Å²) in [4.78, 5) is 33.8. The number of carbonyl (C=O) groups excluding carboxylic acids is 1. The Bertz CT molecular complexity index is 743. The highest BCUT2D eigenvalue weighted by Crippen LogP contribution is 2.15. The second-order valence-electron chi connectivity index (χ2n) is 7.56. The van der Waals surface area contributed by atoms with Crippen molar-refractivity contribution in [1.82, 2.24) is 20.0 Å². The van der Waals surface area contributed by atoms with Crippen molar-refractivity contribution in [3.8, 4) is 0 Å². The molecule has 166 valence electrons. The zero-order chi connectivity index (χ0) is 20.8. The third kappa shape index (κ3) is 6.03. The van der Waals surface area contributed by atoms with Gasteiger partial charge in [0.1, 0.15) is 0 Å². The van der Waals surface area contributed by atoms with Gasteiger partial charge in [-0.05, 0) is 25.3 Å². The van der Waals surface area contributed by atoms with E-state index < -0.39 is 4.92 Å². The second kappa shape index (κ2) is 11.4. The van der Waals surface area contributed by atoms with Crippen LogP contribution in [-0.4, -0.2) is 83.8 Å². The van der Waals surface area contributed by atoms with Gasteiger partial charge < -0.3 is 15.1 Å². The van der Waals surface area contributed by atoms with E-state index in [1.165, 1.54) is 12.1 Å². The number of nitrogens with zero attached hydrogens (tertiary/aromatic N) is 5. The van der Waals surface area contributed by atoms with Crippen LogP contribution in [0.25, 0.3) is 0 Å². The van der Waals surface area contributed by atoms with E-state index in [1.807, 2.05) is 11.8 Å². The summed E-state index contributed by atoms with van der Waals surface area (Å²) in [6.07, 6.45) is 2.23. The Morgan fingerprint density at radius 1 is 1.10 bits per heavy atom. The smallest absolute Gasteiger partial charge is 0.269 e. The largest absolute Gasteiger partial charge is 0.352 e. The molecule has 2 heterocycles. The third-order valence-corrected chi connectivity index (χ3v) is 5.75. The highest BCUT2D eigenvalue weighted by Gasteiger charge is 2.30. The maximum Gasteiger partial charge on any atom is 0.269 e. The zero-order valence-electron chi connectivity index (χ0n) is 17.6. The van der Waals surface area contributed by atoms with Crippen LogP contribution < -0.4 is 5.32 Å². The molecule has 1 unspecified atom stereocenters. The number of benzene rings is 1. The minimum absolute atomic E-state index is 0. The van der Waals surface area contributed by atoms with E-state index in [1.54, 1.807) is 19.2 Å². The van der Waals surface area contributed by atoms with Gasteiger partial charge in [0.05, 0.1) is 11.0 Å². The molecule has 0 bridgehead atoms. The number of likely N-dealkylation sites (tertiary alicyclic amines) is 1. The number of nitrogens with one attached hydrogen (secondary N) is 1. The molecule has 2 aliphatic heterocycles. The van der Waals surface area contributed by atoms with Crippen molar-refractivity contribution < 1.29 is 9.72 Å². The fraction of sp³-hybridized carbons (Fsp3) is 0.600. The molecular weight excluding hydrogens is 499 g/mol. The number of halogens is 1. The van der Waals surface area contributed by atoms with Crippen molar-refractivity contribution >= 4 is 41.5 Å². The molecule has 1 aromatic rings. The van der Waals surface area contributed by atoms with Gasteiger partial charge in [-0.2, -0.15) is 0 Å². The van der Waals surface area contributed by atoms with Crippen LogP contribution in [0.2, 0.25) is 0 Å². The Balaban J connectivity index is 0.00000320. The maximum atomic E-state index is 12.6. The lowest BCUT2D eigenvalue weighted by atomic mass is 10.2. The number of nitro benzene ring substituents is 1. The van der Waals surface area contributed by atoms with Crippen LogP contribution in [0.3, 0.4) is 0 Å². The molecule has 0 aromatic heterocycles. The zero-order valence-corrected chi connectivity index (χ0v) is 20.0. The van der Waals surface area contributed by atoms with E-state index >= 15 is 0 Å². The Morgan fingerprint density at radius 3 is 2.23 bits per heavy atom. The first-order valence-electron chi connectivity index (χ1n) is 10.2. The molecule has 0 aliphatic carbocycles. The molecule has 10 heteroatoms. The summed E-state index contributed by atoms with van der Waals surface area (Å²) >= 11 is 0. The lowest BCUT2D eigenvalue weighted by Gasteiger charge is -2.39. The van der Waals surface area contributed by atoms with E-state index in [0.717, 1.165) is 63.6 Å². The fourth-order valence-corrected chi connectivity index (χ4v) is 3.93. The predicted molar refractivity (Wildman–Crippen MR) is 127 cm³/mol.